The molecule has 0 heterocycles. The number of nitrogens with zero attached hydrogens (tertiary/aromatic N) is 1. The molecule has 0 unspecified atom stereocenters. The lowest BCUT2D eigenvalue weighted by Gasteiger charge is -2.22. The summed E-state index contributed by atoms with van der Waals surface area (Å²) in [4.78, 5) is 14.6. The van der Waals surface area contributed by atoms with Gasteiger partial charge in [-0.15, -0.1) is 12.6 Å². The summed E-state index contributed by atoms with van der Waals surface area (Å²) in [6.07, 6.45) is 1.95. The number of hydrogen-bond acceptors (Lipinski definition) is 3. The van der Waals surface area contributed by atoms with Gasteiger partial charge >= 0.3 is 0 Å². The molecule has 100 valence electrons. The molecule has 0 radical (unpaired) electrons. The molecule has 3 nitrogen and oxygen atoms in total. The van der Waals surface area contributed by atoms with Crippen LogP contribution >= 0.6 is 28.6 Å². The third-order valence-corrected chi connectivity index (χ3v) is 3.49. The molecule has 0 aliphatic carbocycles. The van der Waals surface area contributed by atoms with Crippen molar-refractivity contribution in [2.24, 2.45) is 0 Å². The smallest absolute Gasteiger partial charge is 0.255 e. The molecule has 0 saturated carbocycles. The Labute approximate surface area is 122 Å². The Morgan fingerprint density at radius 3 is 2.72 bits per heavy atom. The van der Waals surface area contributed by atoms with Gasteiger partial charge in [-0.3, -0.25) is 4.79 Å². The van der Waals surface area contributed by atoms with E-state index in [4.69, 9.17) is 5.11 Å². The Morgan fingerprint density at radius 1 is 1.44 bits per heavy atom. The second-order valence-electron chi connectivity index (χ2n) is 4.03. The van der Waals surface area contributed by atoms with Gasteiger partial charge in [0, 0.05) is 22.5 Å². The number of unbranched alkanes of at least 4 members (excludes halogenated alkanes) is 1. The van der Waals surface area contributed by atoms with Crippen molar-refractivity contribution in [3.05, 3.63) is 28.2 Å². The van der Waals surface area contributed by atoms with Gasteiger partial charge in [0.1, 0.15) is 0 Å². The summed E-state index contributed by atoms with van der Waals surface area (Å²) in [5, 5.41) is 9.02. The number of rotatable bonds is 6. The molecule has 0 spiro atoms. The van der Waals surface area contributed by atoms with Crippen LogP contribution in [0.4, 0.5) is 0 Å². The first-order valence-corrected chi connectivity index (χ1v) is 7.22. The maximum absolute atomic E-state index is 12.3. The van der Waals surface area contributed by atoms with E-state index in [0.717, 1.165) is 17.3 Å². The van der Waals surface area contributed by atoms with Gasteiger partial charge < -0.3 is 10.0 Å². The summed E-state index contributed by atoms with van der Waals surface area (Å²) in [6, 6.07) is 5.38. The Balaban J connectivity index is 2.87. The van der Waals surface area contributed by atoms with Crippen molar-refractivity contribution in [2.75, 3.05) is 19.7 Å². The first kappa shape index (κ1) is 15.5. The van der Waals surface area contributed by atoms with E-state index in [-0.39, 0.29) is 12.5 Å². The Kier molecular flexibility index (Phi) is 6.75. The quantitative estimate of drug-likeness (QED) is 0.787. The van der Waals surface area contributed by atoms with Gasteiger partial charge in [-0.25, -0.2) is 0 Å². The largest absolute Gasteiger partial charge is 0.395 e. The van der Waals surface area contributed by atoms with Gasteiger partial charge in [-0.05, 0) is 24.6 Å². The molecule has 0 fully saturated rings. The van der Waals surface area contributed by atoms with Crippen molar-refractivity contribution >= 4 is 34.5 Å². The second-order valence-corrected chi connectivity index (χ2v) is 5.43. The molecule has 1 amide bonds. The predicted molar refractivity (Wildman–Crippen MR) is 79.3 cm³/mol. The van der Waals surface area contributed by atoms with E-state index in [1.807, 2.05) is 6.07 Å². The second kappa shape index (κ2) is 7.81. The minimum atomic E-state index is -0.0741. The molecule has 1 aromatic carbocycles. The third kappa shape index (κ3) is 4.30. The molecule has 5 heteroatoms. The van der Waals surface area contributed by atoms with E-state index in [0.29, 0.717) is 23.5 Å². The molecular formula is C13H18BrNO2S. The van der Waals surface area contributed by atoms with Crippen molar-refractivity contribution in [1.82, 2.24) is 4.90 Å². The highest BCUT2D eigenvalue weighted by atomic mass is 79.9. The first-order valence-electron chi connectivity index (χ1n) is 5.98. The zero-order valence-electron chi connectivity index (χ0n) is 10.4. The van der Waals surface area contributed by atoms with Crippen LogP contribution < -0.4 is 0 Å². The summed E-state index contributed by atoms with van der Waals surface area (Å²) in [6.45, 7) is 3.08. The molecule has 18 heavy (non-hydrogen) atoms. The van der Waals surface area contributed by atoms with E-state index < -0.39 is 0 Å². The molecule has 0 atom stereocenters. The van der Waals surface area contributed by atoms with Crippen LogP contribution in [-0.2, 0) is 0 Å². The fourth-order valence-corrected chi connectivity index (χ4v) is 2.49. The number of aliphatic hydroxyl groups excluding tert-OH is 1. The van der Waals surface area contributed by atoms with Crippen LogP contribution in [0.15, 0.2) is 27.6 Å². The van der Waals surface area contributed by atoms with Crippen LogP contribution in [0.2, 0.25) is 0 Å². The highest BCUT2D eigenvalue weighted by Crippen LogP contribution is 2.21. The molecule has 0 saturated heterocycles. The normalized spacial score (nSPS) is 10.4. The van der Waals surface area contributed by atoms with Crippen LogP contribution in [0.25, 0.3) is 0 Å². The van der Waals surface area contributed by atoms with Gasteiger partial charge in [0.15, 0.2) is 0 Å². The lowest BCUT2D eigenvalue weighted by atomic mass is 10.2. The molecule has 0 aliphatic rings. The number of benzene rings is 1. The first-order chi connectivity index (χ1) is 8.60. The average Bonchev–Trinajstić information content (AvgIpc) is 2.33. The molecular weight excluding hydrogens is 314 g/mol. The van der Waals surface area contributed by atoms with E-state index in [9.17, 15) is 4.79 Å². The van der Waals surface area contributed by atoms with Gasteiger partial charge in [0.25, 0.3) is 5.91 Å². The van der Waals surface area contributed by atoms with Gasteiger partial charge in [0.05, 0.1) is 12.2 Å². The van der Waals surface area contributed by atoms with Crippen LogP contribution in [-0.4, -0.2) is 35.6 Å². The van der Waals surface area contributed by atoms with Crippen molar-refractivity contribution in [1.29, 1.82) is 0 Å². The van der Waals surface area contributed by atoms with E-state index >= 15 is 0 Å². The van der Waals surface area contributed by atoms with Crippen LogP contribution in [0, 0.1) is 0 Å². The van der Waals surface area contributed by atoms with Gasteiger partial charge in [-0.1, -0.05) is 29.3 Å². The van der Waals surface area contributed by atoms with Gasteiger partial charge in [0.2, 0.25) is 0 Å². The summed E-state index contributed by atoms with van der Waals surface area (Å²) in [5.74, 6) is -0.0741. The topological polar surface area (TPSA) is 40.5 Å². The SMILES string of the molecule is CCCCN(CCO)C(=O)c1ccc(Br)cc1S. The molecule has 0 aromatic heterocycles. The lowest BCUT2D eigenvalue weighted by Crippen LogP contribution is -2.34. The molecule has 0 bridgehead atoms. The Hall–Kier alpha value is -0.520. The van der Waals surface area contributed by atoms with E-state index in [1.165, 1.54) is 0 Å². The number of thiol groups is 1. The number of hydrogen-bond donors (Lipinski definition) is 2. The van der Waals surface area contributed by atoms with Crippen molar-refractivity contribution in [3.8, 4) is 0 Å². The highest BCUT2D eigenvalue weighted by molar-refractivity contribution is 9.10. The third-order valence-electron chi connectivity index (χ3n) is 2.63. The number of halogens is 1. The standard InChI is InChI=1S/C13H18BrNO2S/c1-2-3-6-15(7-8-16)13(17)11-5-4-10(14)9-12(11)18/h4-5,9,16,18H,2-3,6-8H2,1H3. The number of aliphatic hydroxyl groups is 1. The minimum absolute atomic E-state index is 0.0200. The summed E-state index contributed by atoms with van der Waals surface area (Å²) in [7, 11) is 0. The highest BCUT2D eigenvalue weighted by Gasteiger charge is 2.17. The summed E-state index contributed by atoms with van der Waals surface area (Å²) < 4.78 is 0.895. The number of amides is 1. The fraction of sp³-hybridized carbons (Fsp3) is 0.462. The zero-order valence-corrected chi connectivity index (χ0v) is 12.9. The molecule has 0 aliphatic heterocycles. The molecule has 1 aromatic rings. The predicted octanol–water partition coefficient (Wildman–Crippen LogP) is 2.97. The van der Waals surface area contributed by atoms with Crippen molar-refractivity contribution in [3.63, 3.8) is 0 Å². The number of carbonyl (C=O) groups excluding carboxylic acids is 1. The monoisotopic (exact) mass is 331 g/mol. The Bertz CT molecular complexity index is 412. The summed E-state index contributed by atoms with van der Waals surface area (Å²) in [5.41, 5.74) is 0.575. The lowest BCUT2D eigenvalue weighted by molar-refractivity contribution is 0.0716. The number of carbonyl (C=O) groups is 1. The Morgan fingerprint density at radius 2 is 2.17 bits per heavy atom. The fourth-order valence-electron chi connectivity index (χ4n) is 1.64. The minimum Gasteiger partial charge on any atom is -0.395 e. The summed E-state index contributed by atoms with van der Waals surface area (Å²) >= 11 is 7.66. The van der Waals surface area contributed by atoms with Crippen molar-refractivity contribution < 1.29 is 9.90 Å². The van der Waals surface area contributed by atoms with Crippen LogP contribution in [0.5, 0.6) is 0 Å². The maximum atomic E-state index is 12.3. The van der Waals surface area contributed by atoms with Crippen molar-refractivity contribution in [2.45, 2.75) is 24.7 Å². The molecule has 1 N–H and O–H groups in total. The molecule has 1 rings (SSSR count). The maximum Gasteiger partial charge on any atom is 0.255 e. The van der Waals surface area contributed by atoms with E-state index in [2.05, 4.69) is 35.5 Å². The average molecular weight is 332 g/mol. The van der Waals surface area contributed by atoms with Crippen LogP contribution in [0.1, 0.15) is 30.1 Å². The zero-order chi connectivity index (χ0) is 13.5. The van der Waals surface area contributed by atoms with Crippen LogP contribution in [0.3, 0.4) is 0 Å². The van der Waals surface area contributed by atoms with E-state index in [1.54, 1.807) is 17.0 Å². The van der Waals surface area contributed by atoms with Gasteiger partial charge in [-0.2, -0.15) is 0 Å².